The smallest absolute Gasteiger partial charge is 0.239 e. The normalized spacial score (nSPS) is 19.8. The lowest BCUT2D eigenvalue weighted by atomic mass is 10.2. The molecular formula is C14H24N4O. The van der Waals surface area contributed by atoms with Gasteiger partial charge in [0.2, 0.25) is 5.91 Å². The Hall–Kier alpha value is -1.36. The SMILES string of the molecule is CCN(CC)C(=O)C1CCCN1Cc1nccn1C. The third-order valence-corrected chi connectivity index (χ3v) is 3.99. The van der Waals surface area contributed by atoms with Crippen molar-refractivity contribution in [2.75, 3.05) is 19.6 Å². The highest BCUT2D eigenvalue weighted by molar-refractivity contribution is 5.82. The van der Waals surface area contributed by atoms with Crippen LogP contribution in [0.15, 0.2) is 12.4 Å². The average molecular weight is 264 g/mol. The van der Waals surface area contributed by atoms with Crippen LogP contribution in [0.4, 0.5) is 0 Å². The second-order valence-electron chi connectivity index (χ2n) is 5.09. The molecule has 0 aromatic carbocycles. The Labute approximate surface area is 115 Å². The minimum Gasteiger partial charge on any atom is -0.342 e. The number of likely N-dealkylation sites (tertiary alicyclic amines) is 1. The minimum atomic E-state index is 0.0385. The summed E-state index contributed by atoms with van der Waals surface area (Å²) in [5.74, 6) is 1.30. The van der Waals surface area contributed by atoms with E-state index in [-0.39, 0.29) is 11.9 Å². The van der Waals surface area contributed by atoms with E-state index in [1.54, 1.807) is 0 Å². The summed E-state index contributed by atoms with van der Waals surface area (Å²) >= 11 is 0. The van der Waals surface area contributed by atoms with Crippen LogP contribution in [0.2, 0.25) is 0 Å². The Kier molecular flexibility index (Phi) is 4.58. The van der Waals surface area contributed by atoms with Crippen molar-refractivity contribution >= 4 is 5.91 Å². The van der Waals surface area contributed by atoms with Gasteiger partial charge in [-0.25, -0.2) is 4.98 Å². The highest BCUT2D eigenvalue weighted by Crippen LogP contribution is 2.21. The van der Waals surface area contributed by atoms with Crippen LogP contribution in [0.3, 0.4) is 0 Å². The molecule has 0 N–H and O–H groups in total. The number of hydrogen-bond donors (Lipinski definition) is 0. The second-order valence-corrected chi connectivity index (χ2v) is 5.09. The van der Waals surface area contributed by atoms with E-state index in [1.165, 1.54) is 0 Å². The molecule has 0 saturated carbocycles. The molecule has 1 atom stereocenters. The predicted molar refractivity (Wildman–Crippen MR) is 74.6 cm³/mol. The molecule has 0 aliphatic carbocycles. The molecule has 5 nitrogen and oxygen atoms in total. The number of imidazole rings is 1. The van der Waals surface area contributed by atoms with Gasteiger partial charge in [-0.2, -0.15) is 0 Å². The summed E-state index contributed by atoms with van der Waals surface area (Å²) in [6.07, 6.45) is 5.83. The molecule has 19 heavy (non-hydrogen) atoms. The number of nitrogens with zero attached hydrogens (tertiary/aromatic N) is 4. The largest absolute Gasteiger partial charge is 0.342 e. The number of carbonyl (C=O) groups is 1. The summed E-state index contributed by atoms with van der Waals surface area (Å²) in [5, 5.41) is 0. The van der Waals surface area contributed by atoms with E-state index in [4.69, 9.17) is 0 Å². The van der Waals surface area contributed by atoms with Gasteiger partial charge in [-0.3, -0.25) is 9.69 Å². The van der Waals surface area contributed by atoms with Gasteiger partial charge < -0.3 is 9.47 Å². The Balaban J connectivity index is 2.04. The zero-order chi connectivity index (χ0) is 13.8. The maximum absolute atomic E-state index is 12.5. The molecule has 5 heteroatoms. The third-order valence-electron chi connectivity index (χ3n) is 3.99. The van der Waals surface area contributed by atoms with Gasteiger partial charge in [-0.05, 0) is 33.2 Å². The Morgan fingerprint density at radius 1 is 1.47 bits per heavy atom. The van der Waals surface area contributed by atoms with E-state index in [2.05, 4.69) is 9.88 Å². The van der Waals surface area contributed by atoms with Gasteiger partial charge in [-0.15, -0.1) is 0 Å². The molecule has 106 valence electrons. The fourth-order valence-corrected chi connectivity index (χ4v) is 2.77. The lowest BCUT2D eigenvalue weighted by Crippen LogP contribution is -2.45. The maximum atomic E-state index is 12.5. The van der Waals surface area contributed by atoms with Crippen molar-refractivity contribution in [2.24, 2.45) is 7.05 Å². The fourth-order valence-electron chi connectivity index (χ4n) is 2.77. The molecule has 1 aliphatic heterocycles. The lowest BCUT2D eigenvalue weighted by Gasteiger charge is -2.28. The number of carbonyl (C=O) groups excluding carboxylic acids is 1. The first-order chi connectivity index (χ1) is 9.17. The minimum absolute atomic E-state index is 0.0385. The number of aryl methyl sites for hydroxylation is 1. The zero-order valence-electron chi connectivity index (χ0n) is 12.2. The first-order valence-electron chi connectivity index (χ1n) is 7.16. The van der Waals surface area contributed by atoms with Crippen LogP contribution in [0.25, 0.3) is 0 Å². The van der Waals surface area contributed by atoms with Gasteiger partial charge in [0.05, 0.1) is 12.6 Å². The van der Waals surface area contributed by atoms with E-state index in [0.29, 0.717) is 0 Å². The number of likely N-dealkylation sites (N-methyl/N-ethyl adjacent to an activating group) is 1. The summed E-state index contributed by atoms with van der Waals surface area (Å²) in [7, 11) is 2.00. The topological polar surface area (TPSA) is 41.4 Å². The summed E-state index contributed by atoms with van der Waals surface area (Å²) in [6, 6.07) is 0.0385. The van der Waals surface area contributed by atoms with Crippen LogP contribution >= 0.6 is 0 Å². The molecule has 0 radical (unpaired) electrons. The molecule has 0 bridgehead atoms. The second kappa shape index (κ2) is 6.19. The van der Waals surface area contributed by atoms with Gasteiger partial charge in [0.1, 0.15) is 5.82 Å². The van der Waals surface area contributed by atoms with E-state index in [0.717, 1.165) is 44.8 Å². The monoisotopic (exact) mass is 264 g/mol. The Morgan fingerprint density at radius 2 is 2.21 bits per heavy atom. The molecule has 1 saturated heterocycles. The van der Waals surface area contributed by atoms with Crippen molar-refractivity contribution in [2.45, 2.75) is 39.3 Å². The quantitative estimate of drug-likeness (QED) is 0.804. The van der Waals surface area contributed by atoms with E-state index < -0.39 is 0 Å². The summed E-state index contributed by atoms with van der Waals surface area (Å²) < 4.78 is 2.03. The number of amides is 1. The van der Waals surface area contributed by atoms with Gasteiger partial charge in [-0.1, -0.05) is 0 Å². The van der Waals surface area contributed by atoms with Crippen LogP contribution in [0.1, 0.15) is 32.5 Å². The van der Waals surface area contributed by atoms with Crippen molar-refractivity contribution in [1.29, 1.82) is 0 Å². The Bertz CT molecular complexity index is 425. The first-order valence-corrected chi connectivity index (χ1v) is 7.16. The highest BCUT2D eigenvalue weighted by Gasteiger charge is 2.33. The van der Waals surface area contributed by atoms with Gasteiger partial charge in [0.25, 0.3) is 0 Å². The molecule has 2 rings (SSSR count). The van der Waals surface area contributed by atoms with E-state index in [9.17, 15) is 4.79 Å². The van der Waals surface area contributed by atoms with Crippen LogP contribution in [-0.2, 0) is 18.4 Å². The van der Waals surface area contributed by atoms with Crippen LogP contribution in [0, 0.1) is 0 Å². The van der Waals surface area contributed by atoms with Crippen molar-refractivity contribution in [3.8, 4) is 0 Å². The summed E-state index contributed by atoms with van der Waals surface area (Å²) in [6.45, 7) is 7.43. The zero-order valence-corrected chi connectivity index (χ0v) is 12.2. The molecule has 0 spiro atoms. The van der Waals surface area contributed by atoms with Gasteiger partial charge in [0.15, 0.2) is 0 Å². The molecule has 1 amide bonds. The predicted octanol–water partition coefficient (Wildman–Crippen LogP) is 1.25. The Morgan fingerprint density at radius 3 is 2.79 bits per heavy atom. The van der Waals surface area contributed by atoms with E-state index in [1.807, 2.05) is 42.8 Å². The van der Waals surface area contributed by atoms with E-state index >= 15 is 0 Å². The van der Waals surface area contributed by atoms with Crippen molar-refractivity contribution < 1.29 is 4.79 Å². The van der Waals surface area contributed by atoms with Crippen molar-refractivity contribution in [3.63, 3.8) is 0 Å². The van der Waals surface area contributed by atoms with Gasteiger partial charge >= 0.3 is 0 Å². The number of aromatic nitrogens is 2. The average Bonchev–Trinajstić information content (AvgIpc) is 3.01. The first kappa shape index (κ1) is 14.1. The standard InChI is InChI=1S/C14H24N4O/c1-4-17(5-2)14(19)12-7-6-9-18(12)11-13-15-8-10-16(13)3/h8,10,12H,4-7,9,11H2,1-3H3. The molecule has 2 heterocycles. The van der Waals surface area contributed by atoms with Crippen LogP contribution in [-0.4, -0.2) is 50.9 Å². The molecular weight excluding hydrogens is 240 g/mol. The fraction of sp³-hybridized carbons (Fsp3) is 0.714. The van der Waals surface area contributed by atoms with Crippen molar-refractivity contribution in [3.05, 3.63) is 18.2 Å². The molecule has 1 aromatic heterocycles. The number of hydrogen-bond acceptors (Lipinski definition) is 3. The van der Waals surface area contributed by atoms with Crippen LogP contribution in [0.5, 0.6) is 0 Å². The molecule has 1 aromatic rings. The van der Waals surface area contributed by atoms with Crippen LogP contribution < -0.4 is 0 Å². The number of rotatable bonds is 5. The molecule has 1 unspecified atom stereocenters. The maximum Gasteiger partial charge on any atom is 0.239 e. The van der Waals surface area contributed by atoms with Crippen molar-refractivity contribution in [1.82, 2.24) is 19.4 Å². The summed E-state index contributed by atoms with van der Waals surface area (Å²) in [4.78, 5) is 21.0. The molecule has 1 aliphatic rings. The van der Waals surface area contributed by atoms with Gasteiger partial charge in [0, 0.05) is 32.5 Å². The summed E-state index contributed by atoms with van der Waals surface area (Å²) in [5.41, 5.74) is 0. The third kappa shape index (κ3) is 2.97. The highest BCUT2D eigenvalue weighted by atomic mass is 16.2. The lowest BCUT2D eigenvalue weighted by molar-refractivity contribution is -0.135. The molecule has 1 fully saturated rings.